The maximum atomic E-state index is 13.9. The highest BCUT2D eigenvalue weighted by molar-refractivity contribution is 6.74. The first kappa shape index (κ1) is 22.3. The third kappa shape index (κ3) is 4.91. The van der Waals surface area contributed by atoms with Crippen molar-refractivity contribution in [2.24, 2.45) is 0 Å². The first-order valence-electron chi connectivity index (χ1n) is 9.43. The lowest BCUT2D eigenvalue weighted by atomic mass is 9.97. The lowest BCUT2D eigenvalue weighted by Crippen LogP contribution is -2.51. The van der Waals surface area contributed by atoms with Crippen LogP contribution in [0.2, 0.25) is 23.2 Å². The van der Waals surface area contributed by atoms with Gasteiger partial charge in [-0.3, -0.25) is 4.79 Å². The van der Waals surface area contributed by atoms with Crippen LogP contribution in [0.4, 0.5) is 4.39 Å². The van der Waals surface area contributed by atoms with Crippen molar-refractivity contribution in [2.75, 3.05) is 6.54 Å². The van der Waals surface area contributed by atoms with E-state index in [1.807, 2.05) is 6.92 Å². The van der Waals surface area contributed by atoms with Crippen LogP contribution in [0, 0.1) is 5.82 Å². The molecular formula is C20H31ClFNO3Si. The summed E-state index contributed by atoms with van der Waals surface area (Å²) in [7, 11) is -1.95. The van der Waals surface area contributed by atoms with Crippen LogP contribution in [0.1, 0.15) is 57.7 Å². The van der Waals surface area contributed by atoms with Crippen molar-refractivity contribution in [1.29, 1.82) is 0 Å². The van der Waals surface area contributed by atoms with Gasteiger partial charge in [-0.1, -0.05) is 32.4 Å². The van der Waals surface area contributed by atoms with Gasteiger partial charge in [0.1, 0.15) is 5.82 Å². The van der Waals surface area contributed by atoms with Crippen molar-refractivity contribution in [3.63, 3.8) is 0 Å². The summed E-state index contributed by atoms with van der Waals surface area (Å²) in [6.45, 7) is 13.0. The molecule has 1 aliphatic heterocycles. The number of aliphatic hydroxyl groups excluding tert-OH is 1. The zero-order valence-electron chi connectivity index (χ0n) is 17.1. The molecule has 1 aromatic carbocycles. The third-order valence-electron chi connectivity index (χ3n) is 5.94. The number of hydrogen-bond acceptors (Lipinski definition) is 3. The van der Waals surface area contributed by atoms with Gasteiger partial charge < -0.3 is 14.4 Å². The van der Waals surface area contributed by atoms with Gasteiger partial charge >= 0.3 is 0 Å². The number of halogens is 2. The number of aliphatic hydroxyl groups is 1. The van der Waals surface area contributed by atoms with Crippen LogP contribution >= 0.6 is 11.6 Å². The van der Waals surface area contributed by atoms with Crippen molar-refractivity contribution in [3.05, 3.63) is 34.1 Å². The first-order chi connectivity index (χ1) is 12.4. The van der Waals surface area contributed by atoms with E-state index < -0.39 is 20.2 Å². The van der Waals surface area contributed by atoms with Gasteiger partial charge in [-0.05, 0) is 49.2 Å². The summed E-state index contributed by atoms with van der Waals surface area (Å²) in [5.74, 6) is -0.459. The maximum absolute atomic E-state index is 13.9. The topological polar surface area (TPSA) is 49.8 Å². The van der Waals surface area contributed by atoms with E-state index in [0.29, 0.717) is 30.5 Å². The molecule has 1 saturated heterocycles. The molecule has 2 rings (SSSR count). The minimum Gasteiger partial charge on any atom is -0.412 e. The van der Waals surface area contributed by atoms with Gasteiger partial charge in [-0.15, -0.1) is 0 Å². The Kier molecular flexibility index (Phi) is 6.78. The minimum absolute atomic E-state index is 0.0156. The number of piperidine rings is 1. The van der Waals surface area contributed by atoms with E-state index in [1.54, 1.807) is 4.90 Å². The van der Waals surface area contributed by atoms with Crippen LogP contribution in [-0.4, -0.2) is 36.9 Å². The van der Waals surface area contributed by atoms with E-state index in [1.165, 1.54) is 12.1 Å². The Bertz CT molecular complexity index is 705. The monoisotopic (exact) mass is 415 g/mol. The second-order valence-corrected chi connectivity index (χ2v) is 14.0. The van der Waals surface area contributed by atoms with Gasteiger partial charge in [-0.2, -0.15) is 0 Å². The van der Waals surface area contributed by atoms with Crippen LogP contribution in [0.15, 0.2) is 12.1 Å². The Balaban J connectivity index is 2.26. The highest BCUT2D eigenvalue weighted by atomic mass is 35.5. The summed E-state index contributed by atoms with van der Waals surface area (Å²) in [5, 5.41) is 9.94. The molecule has 1 unspecified atom stereocenters. The number of hydrogen-bond donors (Lipinski definition) is 1. The number of benzene rings is 1. The molecule has 27 heavy (non-hydrogen) atoms. The largest absolute Gasteiger partial charge is 0.412 e. The Morgan fingerprint density at radius 3 is 2.59 bits per heavy atom. The predicted molar refractivity (Wildman–Crippen MR) is 109 cm³/mol. The number of nitrogens with zero attached hydrogens (tertiary/aromatic N) is 1. The summed E-state index contributed by atoms with van der Waals surface area (Å²) in [6.07, 6.45) is 1.07. The number of likely N-dealkylation sites (tertiary alicyclic amines) is 1. The summed E-state index contributed by atoms with van der Waals surface area (Å²) in [4.78, 5) is 14.3. The van der Waals surface area contributed by atoms with E-state index in [-0.39, 0.29) is 28.7 Å². The molecule has 0 saturated carbocycles. The Hall–Kier alpha value is -0.953. The fourth-order valence-electron chi connectivity index (χ4n) is 3.24. The fraction of sp³-hybridized carbons (Fsp3) is 0.650. The van der Waals surface area contributed by atoms with Gasteiger partial charge in [-0.25, -0.2) is 4.39 Å². The first-order valence-corrected chi connectivity index (χ1v) is 12.7. The molecule has 2 atom stereocenters. The standard InChI is InChI=1S/C20H31ClFNO3Si/c1-13(16-9-14(22)10-18(21)17(16)12-24)23-11-15(7-8-19(23)25)26-27(5,6)20(2,3)4/h9-10,13,15,24H,7-8,11-12H2,1-6H3/t13?,15-/m0/s1. The minimum atomic E-state index is -1.95. The van der Waals surface area contributed by atoms with E-state index >= 15 is 0 Å². The van der Waals surface area contributed by atoms with Gasteiger partial charge in [0.25, 0.3) is 0 Å². The molecule has 7 heteroatoms. The summed E-state index contributed by atoms with van der Waals surface area (Å²) < 4.78 is 20.4. The smallest absolute Gasteiger partial charge is 0.223 e. The number of carbonyl (C=O) groups is 1. The Morgan fingerprint density at radius 1 is 1.41 bits per heavy atom. The molecular weight excluding hydrogens is 385 g/mol. The van der Waals surface area contributed by atoms with E-state index in [9.17, 15) is 14.3 Å². The normalized spacial score (nSPS) is 20.1. The molecule has 1 heterocycles. The van der Waals surface area contributed by atoms with Gasteiger partial charge in [0.05, 0.1) is 18.8 Å². The molecule has 0 aromatic heterocycles. The molecule has 1 aliphatic rings. The second kappa shape index (κ2) is 8.19. The highest BCUT2D eigenvalue weighted by Gasteiger charge is 2.41. The van der Waals surface area contributed by atoms with Gasteiger partial charge in [0.15, 0.2) is 8.32 Å². The van der Waals surface area contributed by atoms with E-state index in [0.717, 1.165) is 0 Å². The highest BCUT2D eigenvalue weighted by Crippen LogP contribution is 2.39. The predicted octanol–water partition coefficient (Wildman–Crippen LogP) is 5.05. The Morgan fingerprint density at radius 2 is 2.04 bits per heavy atom. The molecule has 4 nitrogen and oxygen atoms in total. The fourth-order valence-corrected chi connectivity index (χ4v) is 4.89. The lowest BCUT2D eigenvalue weighted by molar-refractivity contribution is -0.139. The molecule has 1 N–H and O–H groups in total. The Labute approximate surface area is 167 Å². The van der Waals surface area contributed by atoms with Gasteiger partial charge in [0.2, 0.25) is 5.91 Å². The molecule has 1 amide bonds. The number of rotatable bonds is 5. The summed E-state index contributed by atoms with van der Waals surface area (Å²) >= 11 is 6.10. The quantitative estimate of drug-likeness (QED) is 0.685. The van der Waals surface area contributed by atoms with Crippen LogP contribution in [0.3, 0.4) is 0 Å². The van der Waals surface area contributed by atoms with E-state index in [4.69, 9.17) is 16.0 Å². The lowest BCUT2D eigenvalue weighted by Gasteiger charge is -2.43. The van der Waals surface area contributed by atoms with Crippen molar-refractivity contribution in [3.8, 4) is 0 Å². The zero-order chi connectivity index (χ0) is 20.6. The number of amides is 1. The van der Waals surface area contributed by atoms with Crippen LogP contribution in [0.5, 0.6) is 0 Å². The molecule has 0 bridgehead atoms. The molecule has 0 aliphatic carbocycles. The van der Waals surface area contributed by atoms with Crippen LogP contribution < -0.4 is 0 Å². The zero-order valence-corrected chi connectivity index (χ0v) is 18.9. The van der Waals surface area contributed by atoms with Crippen molar-refractivity contribution >= 4 is 25.8 Å². The van der Waals surface area contributed by atoms with Crippen LogP contribution in [-0.2, 0) is 15.8 Å². The average Bonchev–Trinajstić information content (AvgIpc) is 2.54. The van der Waals surface area contributed by atoms with Crippen molar-refractivity contribution < 1.29 is 18.7 Å². The SMILES string of the molecule is CC(c1cc(F)cc(Cl)c1CO)N1C[C@@H](O[Si](C)(C)C(C)(C)C)CCC1=O. The van der Waals surface area contributed by atoms with E-state index in [2.05, 4.69) is 33.9 Å². The molecule has 152 valence electrons. The van der Waals surface area contributed by atoms with Gasteiger partial charge in [0, 0.05) is 23.6 Å². The second-order valence-electron chi connectivity index (χ2n) is 8.87. The summed E-state index contributed by atoms with van der Waals surface area (Å²) in [5.41, 5.74) is 1.01. The third-order valence-corrected chi connectivity index (χ3v) is 10.8. The van der Waals surface area contributed by atoms with Crippen molar-refractivity contribution in [2.45, 2.75) is 77.4 Å². The molecule has 0 spiro atoms. The molecule has 0 radical (unpaired) electrons. The summed E-state index contributed by atoms with van der Waals surface area (Å²) in [6, 6.07) is 2.15. The van der Waals surface area contributed by atoms with Crippen LogP contribution in [0.25, 0.3) is 0 Å². The molecule has 1 fully saturated rings. The average molecular weight is 416 g/mol. The number of carbonyl (C=O) groups excluding carboxylic acids is 1. The van der Waals surface area contributed by atoms with Crippen molar-refractivity contribution in [1.82, 2.24) is 4.90 Å². The molecule has 1 aromatic rings. The maximum Gasteiger partial charge on any atom is 0.223 e.